The number of anilines is 1. The molecule has 0 amide bonds. The third-order valence-electron chi connectivity index (χ3n) is 1.91. The summed E-state index contributed by atoms with van der Waals surface area (Å²) in [7, 11) is 1.19. The molecule has 4 nitrogen and oxygen atoms in total. The Kier molecular flexibility index (Phi) is 4.00. The van der Waals surface area contributed by atoms with Crippen molar-refractivity contribution in [3.05, 3.63) is 22.3 Å². The number of nitrogens with zero attached hydrogens (tertiary/aromatic N) is 1. The van der Waals surface area contributed by atoms with Crippen LogP contribution in [0, 0.1) is 0 Å². The zero-order chi connectivity index (χ0) is 12.3. The lowest BCUT2D eigenvalue weighted by atomic mass is 10.1. The van der Waals surface area contributed by atoms with Crippen molar-refractivity contribution in [2.45, 2.75) is 12.8 Å². The molecule has 7 heteroatoms. The van der Waals surface area contributed by atoms with Crippen molar-refractivity contribution in [3.63, 3.8) is 0 Å². The Morgan fingerprint density at radius 3 is 2.81 bits per heavy atom. The number of halogens is 3. The van der Waals surface area contributed by atoms with Crippen LogP contribution in [0.2, 0.25) is 5.15 Å². The van der Waals surface area contributed by atoms with Crippen molar-refractivity contribution >= 4 is 23.4 Å². The third kappa shape index (κ3) is 2.79. The highest BCUT2D eigenvalue weighted by molar-refractivity contribution is 6.30. The summed E-state index contributed by atoms with van der Waals surface area (Å²) >= 11 is 5.66. The summed E-state index contributed by atoms with van der Waals surface area (Å²) in [6.07, 6.45) is -2.98. The molecule has 1 aromatic heterocycles. The van der Waals surface area contributed by atoms with Crippen LogP contribution in [-0.4, -0.2) is 18.1 Å². The normalized spacial score (nSPS) is 10.6. The number of hydrogen-bond acceptors (Lipinski definition) is 4. The van der Waals surface area contributed by atoms with Crippen molar-refractivity contribution in [2.24, 2.45) is 0 Å². The molecule has 0 aliphatic heterocycles. The lowest BCUT2D eigenvalue weighted by molar-refractivity contribution is -0.139. The second-order valence-electron chi connectivity index (χ2n) is 2.97. The number of nitrogen functional groups attached to an aromatic ring is 1. The van der Waals surface area contributed by atoms with E-state index in [4.69, 9.17) is 17.3 Å². The van der Waals surface area contributed by atoms with Gasteiger partial charge < -0.3 is 10.5 Å². The minimum Gasteiger partial charge on any atom is -0.469 e. The number of hydrogen-bond donors (Lipinski definition) is 1. The van der Waals surface area contributed by atoms with Crippen molar-refractivity contribution in [1.82, 2.24) is 4.98 Å². The molecule has 0 bridgehead atoms. The Labute approximate surface area is 95.4 Å². The van der Waals surface area contributed by atoms with Crippen LogP contribution >= 0.6 is 11.6 Å². The minimum atomic E-state index is -2.76. The van der Waals surface area contributed by atoms with Crippen LogP contribution in [0.4, 0.5) is 14.6 Å². The van der Waals surface area contributed by atoms with E-state index in [1.165, 1.54) is 7.11 Å². The van der Waals surface area contributed by atoms with Gasteiger partial charge >= 0.3 is 5.97 Å². The van der Waals surface area contributed by atoms with E-state index in [1.54, 1.807) is 0 Å². The first-order valence-corrected chi connectivity index (χ1v) is 4.63. The van der Waals surface area contributed by atoms with Gasteiger partial charge in [0.1, 0.15) is 11.0 Å². The number of ether oxygens (including phenoxy) is 1. The van der Waals surface area contributed by atoms with E-state index in [0.717, 1.165) is 6.07 Å². The second kappa shape index (κ2) is 5.07. The molecule has 88 valence electrons. The zero-order valence-electron chi connectivity index (χ0n) is 8.34. The fourth-order valence-corrected chi connectivity index (χ4v) is 1.30. The number of alkyl halides is 2. The summed E-state index contributed by atoms with van der Waals surface area (Å²) in [4.78, 5) is 14.5. The van der Waals surface area contributed by atoms with E-state index in [-0.39, 0.29) is 23.0 Å². The van der Waals surface area contributed by atoms with Crippen LogP contribution in [0.1, 0.15) is 17.6 Å². The molecule has 0 radical (unpaired) electrons. The Balaban J connectivity index is 3.09. The number of pyridine rings is 1. The van der Waals surface area contributed by atoms with Gasteiger partial charge in [-0.15, -0.1) is 0 Å². The Morgan fingerprint density at radius 2 is 2.31 bits per heavy atom. The van der Waals surface area contributed by atoms with E-state index in [9.17, 15) is 13.6 Å². The molecule has 0 saturated heterocycles. The summed E-state index contributed by atoms with van der Waals surface area (Å²) in [5, 5.41) is -0.0766. The number of carbonyl (C=O) groups excluding carboxylic acids is 1. The van der Waals surface area contributed by atoms with Crippen LogP contribution in [0.25, 0.3) is 0 Å². The van der Waals surface area contributed by atoms with Gasteiger partial charge in [0.25, 0.3) is 6.43 Å². The van der Waals surface area contributed by atoms with Gasteiger partial charge in [0, 0.05) is 5.56 Å². The first-order chi connectivity index (χ1) is 7.45. The van der Waals surface area contributed by atoms with Crippen molar-refractivity contribution in [1.29, 1.82) is 0 Å². The third-order valence-corrected chi connectivity index (χ3v) is 2.23. The summed E-state index contributed by atoms with van der Waals surface area (Å²) in [6, 6.07) is 1.06. The van der Waals surface area contributed by atoms with Gasteiger partial charge in [0.15, 0.2) is 0 Å². The quantitative estimate of drug-likeness (QED) is 0.658. The SMILES string of the molecule is COC(=O)Cc1cc(C(F)F)c(N)nc1Cl. The molecule has 0 spiro atoms. The van der Waals surface area contributed by atoms with Gasteiger partial charge in [0.05, 0.1) is 19.1 Å². The molecule has 0 fully saturated rings. The molecule has 1 rings (SSSR count). The van der Waals surface area contributed by atoms with Gasteiger partial charge in [-0.05, 0) is 6.07 Å². The summed E-state index contributed by atoms with van der Waals surface area (Å²) in [5.74, 6) is -0.928. The number of nitrogens with two attached hydrogens (primary N) is 1. The van der Waals surface area contributed by atoms with Gasteiger partial charge in [-0.1, -0.05) is 11.6 Å². The maximum Gasteiger partial charge on any atom is 0.310 e. The van der Waals surface area contributed by atoms with Crippen LogP contribution < -0.4 is 5.73 Å². The molecule has 1 aromatic rings. The Bertz CT molecular complexity index is 413. The van der Waals surface area contributed by atoms with Crippen LogP contribution in [-0.2, 0) is 16.0 Å². The molecule has 2 N–H and O–H groups in total. The Morgan fingerprint density at radius 1 is 1.69 bits per heavy atom. The highest BCUT2D eigenvalue weighted by Crippen LogP contribution is 2.28. The first kappa shape index (κ1) is 12.6. The first-order valence-electron chi connectivity index (χ1n) is 4.25. The minimum absolute atomic E-state index is 0.0766. The topological polar surface area (TPSA) is 65.2 Å². The maximum atomic E-state index is 12.5. The van der Waals surface area contributed by atoms with Crippen LogP contribution in [0.3, 0.4) is 0 Å². The van der Waals surface area contributed by atoms with E-state index in [1.807, 2.05) is 0 Å². The average Bonchev–Trinajstić information content (AvgIpc) is 2.21. The lowest BCUT2D eigenvalue weighted by Crippen LogP contribution is -2.08. The standard InChI is InChI=1S/C9H9ClF2N2O2/c1-16-6(15)3-4-2-5(8(11)12)9(13)14-7(4)10/h2,8H,3H2,1H3,(H2,13,14). The lowest BCUT2D eigenvalue weighted by Gasteiger charge is -2.08. The zero-order valence-corrected chi connectivity index (χ0v) is 9.09. The monoisotopic (exact) mass is 250 g/mol. The molecular weight excluding hydrogens is 242 g/mol. The number of esters is 1. The Hall–Kier alpha value is -1.43. The largest absolute Gasteiger partial charge is 0.469 e. The van der Waals surface area contributed by atoms with Crippen molar-refractivity contribution in [2.75, 3.05) is 12.8 Å². The average molecular weight is 251 g/mol. The van der Waals surface area contributed by atoms with E-state index >= 15 is 0 Å². The predicted molar refractivity (Wildman–Crippen MR) is 54.3 cm³/mol. The molecule has 0 aromatic carbocycles. The highest BCUT2D eigenvalue weighted by atomic mass is 35.5. The summed E-state index contributed by atoms with van der Waals surface area (Å²) in [5.41, 5.74) is 4.99. The summed E-state index contributed by atoms with van der Waals surface area (Å²) in [6.45, 7) is 0. The van der Waals surface area contributed by atoms with E-state index in [2.05, 4.69) is 9.72 Å². The number of rotatable bonds is 3. The fraction of sp³-hybridized carbons (Fsp3) is 0.333. The fourth-order valence-electron chi connectivity index (χ4n) is 1.09. The van der Waals surface area contributed by atoms with E-state index < -0.39 is 18.0 Å². The highest BCUT2D eigenvalue weighted by Gasteiger charge is 2.17. The second-order valence-corrected chi connectivity index (χ2v) is 3.32. The molecule has 0 atom stereocenters. The number of carbonyl (C=O) groups is 1. The smallest absolute Gasteiger partial charge is 0.310 e. The predicted octanol–water partition coefficient (Wildman–Crippen LogP) is 1.97. The van der Waals surface area contributed by atoms with Gasteiger partial charge in [0.2, 0.25) is 0 Å². The van der Waals surface area contributed by atoms with Crippen molar-refractivity contribution in [3.8, 4) is 0 Å². The molecule has 0 aliphatic rings. The molecule has 0 saturated carbocycles. The molecular formula is C9H9ClF2N2O2. The van der Waals surface area contributed by atoms with Crippen LogP contribution in [0.5, 0.6) is 0 Å². The molecule has 0 unspecified atom stereocenters. The van der Waals surface area contributed by atoms with Gasteiger partial charge in [-0.3, -0.25) is 4.79 Å². The van der Waals surface area contributed by atoms with Gasteiger partial charge in [-0.25, -0.2) is 13.8 Å². The number of methoxy groups -OCH3 is 1. The molecule has 16 heavy (non-hydrogen) atoms. The van der Waals surface area contributed by atoms with Crippen molar-refractivity contribution < 1.29 is 18.3 Å². The summed E-state index contributed by atoms with van der Waals surface area (Å²) < 4.78 is 29.4. The van der Waals surface area contributed by atoms with E-state index in [0.29, 0.717) is 0 Å². The molecule has 1 heterocycles. The van der Waals surface area contributed by atoms with Gasteiger partial charge in [-0.2, -0.15) is 0 Å². The van der Waals surface area contributed by atoms with Crippen LogP contribution in [0.15, 0.2) is 6.07 Å². The molecule has 0 aliphatic carbocycles. The maximum absolute atomic E-state index is 12.5. The number of aromatic nitrogens is 1.